The van der Waals surface area contributed by atoms with Crippen LogP contribution in [0, 0.1) is 0 Å². The van der Waals surface area contributed by atoms with Gasteiger partial charge in [-0.2, -0.15) is 0 Å². The minimum Gasteiger partial charge on any atom is -0.299 e. The Balaban J connectivity index is 0.000000239. The number of hydrogen-bond donors (Lipinski definition) is 0. The van der Waals surface area contributed by atoms with E-state index in [2.05, 4.69) is 6.92 Å². The van der Waals surface area contributed by atoms with E-state index in [1.54, 1.807) is 11.3 Å². The van der Waals surface area contributed by atoms with Crippen LogP contribution in [-0.4, -0.2) is 5.78 Å². The minimum absolute atomic E-state index is 0.374. The fourth-order valence-electron chi connectivity index (χ4n) is 1.95. The first-order valence-corrected chi connectivity index (χ1v) is 7.75. The van der Waals surface area contributed by atoms with Gasteiger partial charge in [-0.1, -0.05) is 51.5 Å². The van der Waals surface area contributed by atoms with Crippen LogP contribution in [0.1, 0.15) is 63.2 Å². The third-order valence-corrected chi connectivity index (χ3v) is 3.89. The van der Waals surface area contributed by atoms with Gasteiger partial charge < -0.3 is 0 Å². The van der Waals surface area contributed by atoms with Gasteiger partial charge in [-0.25, -0.2) is 0 Å². The Bertz CT molecular complexity index is 278. The maximum Gasteiger partial charge on any atom is 0.138 e. The summed E-state index contributed by atoms with van der Waals surface area (Å²) in [6.07, 6.45) is 11.0. The van der Waals surface area contributed by atoms with Crippen molar-refractivity contribution in [2.75, 3.05) is 0 Å². The second-order valence-electron chi connectivity index (χ2n) is 4.67. The van der Waals surface area contributed by atoms with Gasteiger partial charge in [-0.3, -0.25) is 4.79 Å². The largest absolute Gasteiger partial charge is 0.299 e. The summed E-state index contributed by atoms with van der Waals surface area (Å²) in [7, 11) is 0. The first-order chi connectivity index (χ1) is 8.33. The molecule has 1 aromatic rings. The van der Waals surface area contributed by atoms with E-state index < -0.39 is 0 Å². The van der Waals surface area contributed by atoms with Gasteiger partial charge in [0.2, 0.25) is 0 Å². The SMILES string of the molecule is C1CCCC1.CCCCC(=O)Cc1cccs1. The maximum atomic E-state index is 11.3. The van der Waals surface area contributed by atoms with Gasteiger partial charge in [0, 0.05) is 17.7 Å². The van der Waals surface area contributed by atoms with Crippen LogP contribution < -0.4 is 0 Å². The van der Waals surface area contributed by atoms with Crippen LogP contribution in [0.25, 0.3) is 0 Å². The second-order valence-corrected chi connectivity index (χ2v) is 5.70. The summed E-state index contributed by atoms with van der Waals surface area (Å²) >= 11 is 1.66. The maximum absolute atomic E-state index is 11.3. The molecule has 1 aromatic heterocycles. The van der Waals surface area contributed by atoms with Crippen molar-refractivity contribution in [1.82, 2.24) is 0 Å². The topological polar surface area (TPSA) is 17.1 Å². The molecule has 0 amide bonds. The lowest BCUT2D eigenvalue weighted by Crippen LogP contribution is -2.00. The van der Waals surface area contributed by atoms with Crippen molar-refractivity contribution in [3.05, 3.63) is 22.4 Å². The van der Waals surface area contributed by atoms with Crippen molar-refractivity contribution in [3.8, 4) is 0 Å². The van der Waals surface area contributed by atoms with Crippen LogP contribution in [0.5, 0.6) is 0 Å². The van der Waals surface area contributed by atoms with Gasteiger partial charge in [-0.15, -0.1) is 11.3 Å². The zero-order valence-electron chi connectivity index (χ0n) is 10.9. The van der Waals surface area contributed by atoms with Gasteiger partial charge in [0.15, 0.2) is 0 Å². The minimum atomic E-state index is 0.374. The monoisotopic (exact) mass is 252 g/mol. The highest BCUT2D eigenvalue weighted by Crippen LogP contribution is 2.15. The van der Waals surface area contributed by atoms with Crippen molar-refractivity contribution in [2.24, 2.45) is 0 Å². The van der Waals surface area contributed by atoms with Crippen molar-refractivity contribution in [1.29, 1.82) is 0 Å². The van der Waals surface area contributed by atoms with Crippen molar-refractivity contribution >= 4 is 17.1 Å². The van der Waals surface area contributed by atoms with Gasteiger partial charge >= 0.3 is 0 Å². The van der Waals surface area contributed by atoms with E-state index in [4.69, 9.17) is 0 Å². The van der Waals surface area contributed by atoms with E-state index in [1.807, 2.05) is 17.5 Å². The number of thiophene rings is 1. The number of hydrogen-bond acceptors (Lipinski definition) is 2. The average Bonchev–Trinajstić information content (AvgIpc) is 3.01. The summed E-state index contributed by atoms with van der Waals surface area (Å²) in [5.74, 6) is 0.374. The highest BCUT2D eigenvalue weighted by atomic mass is 32.1. The van der Waals surface area contributed by atoms with Crippen LogP contribution >= 0.6 is 11.3 Å². The lowest BCUT2D eigenvalue weighted by atomic mass is 10.1. The van der Waals surface area contributed by atoms with E-state index in [0.29, 0.717) is 12.2 Å². The Morgan fingerprint density at radius 1 is 1.24 bits per heavy atom. The van der Waals surface area contributed by atoms with Gasteiger partial charge in [0.05, 0.1) is 0 Å². The van der Waals surface area contributed by atoms with E-state index in [1.165, 1.54) is 37.0 Å². The molecule has 17 heavy (non-hydrogen) atoms. The molecule has 1 aliphatic rings. The summed E-state index contributed by atoms with van der Waals surface area (Å²) in [4.78, 5) is 12.5. The molecule has 1 saturated carbocycles. The predicted octanol–water partition coefficient (Wildman–Crippen LogP) is 5.00. The van der Waals surface area contributed by atoms with Crippen molar-refractivity contribution < 1.29 is 4.79 Å². The Hall–Kier alpha value is -0.630. The van der Waals surface area contributed by atoms with E-state index in [9.17, 15) is 4.79 Å². The number of unbranched alkanes of at least 4 members (excludes halogenated alkanes) is 1. The molecule has 0 unspecified atom stereocenters. The lowest BCUT2D eigenvalue weighted by molar-refractivity contribution is -0.118. The molecule has 0 radical (unpaired) electrons. The lowest BCUT2D eigenvalue weighted by Gasteiger charge is -1.95. The number of carbonyl (C=O) groups excluding carboxylic acids is 1. The molecule has 96 valence electrons. The molecule has 1 aliphatic carbocycles. The van der Waals surface area contributed by atoms with Gasteiger partial charge in [-0.05, 0) is 17.9 Å². The average molecular weight is 252 g/mol. The van der Waals surface area contributed by atoms with Crippen LogP contribution in [-0.2, 0) is 11.2 Å². The summed E-state index contributed by atoms with van der Waals surface area (Å²) in [5, 5.41) is 2.02. The molecule has 2 rings (SSSR count). The third kappa shape index (κ3) is 7.32. The van der Waals surface area contributed by atoms with Crippen LogP contribution in [0.2, 0.25) is 0 Å². The molecular formula is C15H24OS. The van der Waals surface area contributed by atoms with Gasteiger partial charge in [0.25, 0.3) is 0 Å². The molecule has 1 fully saturated rings. The molecule has 0 spiro atoms. The molecule has 0 atom stereocenters. The Labute approximate surface area is 109 Å². The van der Waals surface area contributed by atoms with E-state index >= 15 is 0 Å². The number of carbonyl (C=O) groups is 1. The van der Waals surface area contributed by atoms with E-state index in [-0.39, 0.29) is 0 Å². The van der Waals surface area contributed by atoms with Gasteiger partial charge in [0.1, 0.15) is 5.78 Å². The second kappa shape index (κ2) is 9.41. The van der Waals surface area contributed by atoms with Crippen LogP contribution in [0.3, 0.4) is 0 Å². The Morgan fingerprint density at radius 2 is 1.88 bits per heavy atom. The normalized spacial score (nSPS) is 14.2. The smallest absolute Gasteiger partial charge is 0.138 e. The fourth-order valence-corrected chi connectivity index (χ4v) is 2.69. The number of ketones is 1. The van der Waals surface area contributed by atoms with Crippen LogP contribution in [0.4, 0.5) is 0 Å². The molecule has 2 heteroatoms. The summed E-state index contributed by atoms with van der Waals surface area (Å²) in [6, 6.07) is 4.02. The van der Waals surface area contributed by atoms with Crippen molar-refractivity contribution in [3.63, 3.8) is 0 Å². The summed E-state index contributed by atoms with van der Waals surface area (Å²) in [5.41, 5.74) is 0. The highest BCUT2D eigenvalue weighted by Gasteiger charge is 2.02. The molecule has 0 N–H and O–H groups in total. The summed E-state index contributed by atoms with van der Waals surface area (Å²) < 4.78 is 0. The standard InChI is InChI=1S/C10H14OS.C5H10/c1-2-3-5-9(11)8-10-6-4-7-12-10;1-2-4-5-3-1/h4,6-7H,2-3,5,8H2,1H3;1-5H2. The molecule has 1 nitrogen and oxygen atoms in total. The fraction of sp³-hybridized carbons (Fsp3) is 0.667. The molecule has 0 aromatic carbocycles. The van der Waals surface area contributed by atoms with Crippen LogP contribution in [0.15, 0.2) is 17.5 Å². The quantitative estimate of drug-likeness (QED) is 0.720. The third-order valence-electron chi connectivity index (χ3n) is 3.01. The number of rotatable bonds is 5. The molecule has 0 saturated heterocycles. The molecular weight excluding hydrogens is 228 g/mol. The first kappa shape index (κ1) is 14.4. The zero-order chi connectivity index (χ0) is 12.3. The molecule has 0 bridgehead atoms. The number of Topliss-reactive ketones (excluding diaryl/α,β-unsaturated/α-hetero) is 1. The molecule has 0 aliphatic heterocycles. The first-order valence-electron chi connectivity index (χ1n) is 6.87. The zero-order valence-corrected chi connectivity index (χ0v) is 11.7. The predicted molar refractivity (Wildman–Crippen MR) is 75.6 cm³/mol. The Morgan fingerprint density at radius 3 is 2.35 bits per heavy atom. The molecule has 1 heterocycles. The van der Waals surface area contributed by atoms with Crippen molar-refractivity contribution in [2.45, 2.75) is 64.7 Å². The Kier molecular flexibility index (Phi) is 7.98. The van der Waals surface area contributed by atoms with E-state index in [0.717, 1.165) is 19.3 Å². The summed E-state index contributed by atoms with van der Waals surface area (Å²) in [6.45, 7) is 2.11. The highest BCUT2D eigenvalue weighted by molar-refractivity contribution is 7.10.